The van der Waals surface area contributed by atoms with Crippen molar-refractivity contribution < 1.29 is 4.74 Å². The fourth-order valence-electron chi connectivity index (χ4n) is 3.01. The minimum atomic E-state index is 0.536. The highest BCUT2D eigenvalue weighted by molar-refractivity contribution is 5.40. The standard InChI is InChI=1S/C13H17N3O/c1-9-7-10-3-4-11(8-9)16(10)13-14-6-5-12(15-13)17-2/h5-6,10-11H,1,3-4,7-8H2,2H3. The van der Waals surface area contributed by atoms with Crippen molar-refractivity contribution in [2.45, 2.75) is 37.8 Å². The molecule has 0 spiro atoms. The molecule has 0 saturated carbocycles. The number of fused-ring (bicyclic) bond motifs is 2. The van der Waals surface area contributed by atoms with E-state index in [0.717, 1.165) is 18.8 Å². The quantitative estimate of drug-likeness (QED) is 0.731. The number of ether oxygens (including phenoxy) is 1. The van der Waals surface area contributed by atoms with Crippen molar-refractivity contribution in [3.05, 3.63) is 24.4 Å². The Morgan fingerprint density at radius 1 is 1.35 bits per heavy atom. The number of rotatable bonds is 2. The van der Waals surface area contributed by atoms with Crippen molar-refractivity contribution in [3.63, 3.8) is 0 Å². The van der Waals surface area contributed by atoms with E-state index in [4.69, 9.17) is 4.74 Å². The van der Waals surface area contributed by atoms with Gasteiger partial charge < -0.3 is 9.64 Å². The summed E-state index contributed by atoms with van der Waals surface area (Å²) in [6, 6.07) is 2.86. The Labute approximate surface area is 101 Å². The zero-order valence-electron chi connectivity index (χ0n) is 10.1. The number of piperidine rings is 1. The summed E-state index contributed by atoms with van der Waals surface area (Å²) < 4.78 is 5.16. The summed E-state index contributed by atoms with van der Waals surface area (Å²) in [6.07, 6.45) is 6.38. The van der Waals surface area contributed by atoms with Crippen molar-refractivity contribution >= 4 is 5.95 Å². The summed E-state index contributed by atoms with van der Waals surface area (Å²) in [5.74, 6) is 1.45. The minimum absolute atomic E-state index is 0.536. The Bertz CT molecular complexity index is 430. The van der Waals surface area contributed by atoms with Crippen LogP contribution in [0, 0.1) is 0 Å². The van der Waals surface area contributed by atoms with E-state index >= 15 is 0 Å². The molecule has 1 aromatic rings. The molecule has 0 aliphatic carbocycles. The summed E-state index contributed by atoms with van der Waals surface area (Å²) in [4.78, 5) is 11.2. The van der Waals surface area contributed by atoms with Gasteiger partial charge in [-0.05, 0) is 25.7 Å². The zero-order valence-corrected chi connectivity index (χ0v) is 10.1. The van der Waals surface area contributed by atoms with Crippen LogP contribution < -0.4 is 9.64 Å². The molecule has 2 saturated heterocycles. The zero-order chi connectivity index (χ0) is 11.8. The molecule has 0 aromatic carbocycles. The van der Waals surface area contributed by atoms with Gasteiger partial charge in [-0.15, -0.1) is 0 Å². The molecule has 90 valence electrons. The van der Waals surface area contributed by atoms with Crippen LogP contribution in [0.1, 0.15) is 25.7 Å². The molecule has 2 unspecified atom stereocenters. The predicted molar refractivity (Wildman–Crippen MR) is 66.2 cm³/mol. The second-order valence-electron chi connectivity index (χ2n) is 4.85. The lowest BCUT2D eigenvalue weighted by atomic mass is 9.99. The largest absolute Gasteiger partial charge is 0.481 e. The second kappa shape index (κ2) is 4.02. The summed E-state index contributed by atoms with van der Waals surface area (Å²) in [7, 11) is 1.64. The molecule has 0 amide bonds. The number of aromatic nitrogens is 2. The van der Waals surface area contributed by atoms with Crippen molar-refractivity contribution in [1.82, 2.24) is 9.97 Å². The van der Waals surface area contributed by atoms with Gasteiger partial charge in [0.2, 0.25) is 11.8 Å². The van der Waals surface area contributed by atoms with Crippen molar-refractivity contribution in [1.29, 1.82) is 0 Å². The molecule has 1 aromatic heterocycles. The summed E-state index contributed by atoms with van der Waals surface area (Å²) in [6.45, 7) is 4.12. The lowest BCUT2D eigenvalue weighted by Gasteiger charge is -2.35. The Hall–Kier alpha value is -1.58. The van der Waals surface area contributed by atoms with Crippen LogP contribution in [-0.2, 0) is 0 Å². The highest BCUT2D eigenvalue weighted by atomic mass is 16.5. The van der Waals surface area contributed by atoms with Crippen molar-refractivity contribution in [2.24, 2.45) is 0 Å². The maximum atomic E-state index is 5.16. The molecule has 4 heteroatoms. The van der Waals surface area contributed by atoms with Gasteiger partial charge in [-0.25, -0.2) is 4.98 Å². The summed E-state index contributed by atoms with van der Waals surface area (Å²) in [5.41, 5.74) is 1.37. The van der Waals surface area contributed by atoms with Crippen LogP contribution >= 0.6 is 0 Å². The SMILES string of the molecule is C=C1CC2CCC(C1)N2c1nccc(OC)n1. The first-order valence-corrected chi connectivity index (χ1v) is 6.10. The van der Waals surface area contributed by atoms with E-state index in [1.54, 1.807) is 19.4 Å². The molecule has 4 nitrogen and oxygen atoms in total. The average Bonchev–Trinajstić information content (AvgIpc) is 2.62. The molecule has 2 aliphatic rings. The van der Waals surface area contributed by atoms with Gasteiger partial charge in [-0.3, -0.25) is 0 Å². The third-order valence-electron chi connectivity index (χ3n) is 3.73. The average molecular weight is 231 g/mol. The van der Waals surface area contributed by atoms with E-state index in [2.05, 4.69) is 21.4 Å². The Morgan fingerprint density at radius 3 is 2.71 bits per heavy atom. The van der Waals surface area contributed by atoms with E-state index in [-0.39, 0.29) is 0 Å². The van der Waals surface area contributed by atoms with Crippen LogP contribution in [0.5, 0.6) is 5.88 Å². The topological polar surface area (TPSA) is 38.2 Å². The van der Waals surface area contributed by atoms with Crippen LogP contribution in [0.2, 0.25) is 0 Å². The van der Waals surface area contributed by atoms with Crippen LogP contribution in [0.3, 0.4) is 0 Å². The van der Waals surface area contributed by atoms with Crippen molar-refractivity contribution in [3.8, 4) is 5.88 Å². The highest BCUT2D eigenvalue weighted by Gasteiger charge is 2.39. The van der Waals surface area contributed by atoms with E-state index in [1.165, 1.54) is 18.4 Å². The van der Waals surface area contributed by atoms with E-state index in [1.807, 2.05) is 0 Å². The first-order valence-electron chi connectivity index (χ1n) is 6.10. The van der Waals surface area contributed by atoms with Crippen LogP contribution in [-0.4, -0.2) is 29.2 Å². The second-order valence-corrected chi connectivity index (χ2v) is 4.85. The van der Waals surface area contributed by atoms with Gasteiger partial charge in [-0.2, -0.15) is 4.98 Å². The highest BCUT2D eigenvalue weighted by Crippen LogP contribution is 2.39. The number of hydrogen-bond donors (Lipinski definition) is 0. The Kier molecular flexibility index (Phi) is 2.50. The van der Waals surface area contributed by atoms with Gasteiger partial charge in [0.15, 0.2) is 0 Å². The van der Waals surface area contributed by atoms with Gasteiger partial charge in [0.25, 0.3) is 0 Å². The maximum Gasteiger partial charge on any atom is 0.229 e. The molecule has 3 heterocycles. The third-order valence-corrected chi connectivity index (χ3v) is 3.73. The molecule has 0 N–H and O–H groups in total. The van der Waals surface area contributed by atoms with Gasteiger partial charge in [0, 0.05) is 24.3 Å². The number of anilines is 1. The first kappa shape index (κ1) is 10.6. The van der Waals surface area contributed by atoms with E-state index in [9.17, 15) is 0 Å². The lowest BCUT2D eigenvalue weighted by molar-refractivity contribution is 0.395. The predicted octanol–water partition coefficient (Wildman–Crippen LogP) is 2.17. The molecule has 17 heavy (non-hydrogen) atoms. The molecule has 2 atom stereocenters. The van der Waals surface area contributed by atoms with Crippen LogP contribution in [0.4, 0.5) is 5.95 Å². The summed E-state index contributed by atoms with van der Waals surface area (Å²) >= 11 is 0. The molecular formula is C13H17N3O. The maximum absolute atomic E-state index is 5.16. The van der Waals surface area contributed by atoms with Gasteiger partial charge >= 0.3 is 0 Å². The minimum Gasteiger partial charge on any atom is -0.481 e. The molecule has 3 rings (SSSR count). The molecule has 2 bridgehead atoms. The Balaban J connectivity index is 1.91. The first-order chi connectivity index (χ1) is 8.28. The Morgan fingerprint density at radius 2 is 2.06 bits per heavy atom. The summed E-state index contributed by atoms with van der Waals surface area (Å²) in [5, 5.41) is 0. The lowest BCUT2D eigenvalue weighted by Crippen LogP contribution is -2.41. The van der Waals surface area contributed by atoms with Crippen LogP contribution in [0.25, 0.3) is 0 Å². The van der Waals surface area contributed by atoms with E-state index in [0.29, 0.717) is 18.0 Å². The van der Waals surface area contributed by atoms with E-state index < -0.39 is 0 Å². The number of methoxy groups -OCH3 is 1. The number of nitrogens with zero attached hydrogens (tertiary/aromatic N) is 3. The van der Waals surface area contributed by atoms with Gasteiger partial charge in [0.1, 0.15) is 0 Å². The normalized spacial score (nSPS) is 27.4. The monoisotopic (exact) mass is 231 g/mol. The molecular weight excluding hydrogens is 214 g/mol. The molecule has 0 radical (unpaired) electrons. The van der Waals surface area contributed by atoms with Gasteiger partial charge in [0.05, 0.1) is 7.11 Å². The number of hydrogen-bond acceptors (Lipinski definition) is 4. The fraction of sp³-hybridized carbons (Fsp3) is 0.538. The fourth-order valence-corrected chi connectivity index (χ4v) is 3.01. The third kappa shape index (κ3) is 1.77. The van der Waals surface area contributed by atoms with Crippen LogP contribution in [0.15, 0.2) is 24.4 Å². The van der Waals surface area contributed by atoms with Gasteiger partial charge in [-0.1, -0.05) is 12.2 Å². The van der Waals surface area contributed by atoms with Crippen molar-refractivity contribution in [2.75, 3.05) is 12.0 Å². The smallest absolute Gasteiger partial charge is 0.229 e. The molecule has 2 fully saturated rings. The molecule has 2 aliphatic heterocycles.